The number of rotatable bonds is 0. The van der Waals surface area contributed by atoms with Gasteiger partial charge in [-0.05, 0) is 80.5 Å². The van der Waals surface area contributed by atoms with E-state index < -0.39 is 0 Å². The third-order valence-electron chi connectivity index (χ3n) is 8.35. The van der Waals surface area contributed by atoms with Gasteiger partial charge in [-0.3, -0.25) is 4.79 Å². The van der Waals surface area contributed by atoms with Crippen LogP contribution in [0.4, 0.5) is 0 Å². The van der Waals surface area contributed by atoms with Crippen molar-refractivity contribution in [3.05, 3.63) is 0 Å². The van der Waals surface area contributed by atoms with Gasteiger partial charge in [0.15, 0.2) is 0 Å². The van der Waals surface area contributed by atoms with Gasteiger partial charge in [0, 0.05) is 11.8 Å². The molecule has 7 atom stereocenters. The van der Waals surface area contributed by atoms with Crippen LogP contribution in [0, 0.1) is 34.5 Å². The van der Waals surface area contributed by atoms with Crippen molar-refractivity contribution >= 4 is 5.78 Å². The molecule has 4 aliphatic rings. The molecule has 0 spiro atoms. The molecule has 0 aliphatic heterocycles. The Balaban J connectivity index is 1.64. The number of carbonyl (C=O) groups is 1. The fourth-order valence-electron chi connectivity index (χ4n) is 7.01. The molecule has 21 heavy (non-hydrogen) atoms. The summed E-state index contributed by atoms with van der Waals surface area (Å²) in [6.07, 6.45) is 10.1. The first-order valence-electron chi connectivity index (χ1n) is 9.16. The van der Waals surface area contributed by atoms with Crippen LogP contribution in [0.1, 0.15) is 71.6 Å². The summed E-state index contributed by atoms with van der Waals surface area (Å²) < 4.78 is 0. The van der Waals surface area contributed by atoms with Gasteiger partial charge < -0.3 is 5.11 Å². The van der Waals surface area contributed by atoms with Crippen LogP contribution in [0.5, 0.6) is 0 Å². The van der Waals surface area contributed by atoms with Crippen molar-refractivity contribution in [2.24, 2.45) is 34.5 Å². The predicted molar refractivity (Wildman–Crippen MR) is 82.7 cm³/mol. The minimum absolute atomic E-state index is 0.0124. The molecule has 2 heteroatoms. The zero-order valence-electron chi connectivity index (χ0n) is 13.6. The number of fused-ring (bicyclic) bond motifs is 5. The van der Waals surface area contributed by atoms with E-state index in [-0.39, 0.29) is 11.5 Å². The van der Waals surface area contributed by atoms with E-state index in [1.807, 2.05) is 0 Å². The average molecular weight is 290 g/mol. The van der Waals surface area contributed by atoms with E-state index in [1.54, 1.807) is 0 Å². The standard InChI is InChI=1S/C19H30O2/c1-18-9-7-13(20)11-12(18)3-4-14-15-5-6-17(21)19(15,2)10-8-16(14)18/h12-16,20H,3-11H2,1-2H3/t12-,13+,14-,15+,16-,18-,19-/m0/s1. The highest BCUT2D eigenvalue weighted by atomic mass is 16.3. The van der Waals surface area contributed by atoms with E-state index in [0.717, 1.165) is 49.9 Å². The summed E-state index contributed by atoms with van der Waals surface area (Å²) >= 11 is 0. The van der Waals surface area contributed by atoms with Gasteiger partial charge in [0.05, 0.1) is 6.10 Å². The highest BCUT2D eigenvalue weighted by Crippen LogP contribution is 2.65. The molecule has 1 N–H and O–H groups in total. The van der Waals surface area contributed by atoms with Crippen LogP contribution in [0.2, 0.25) is 0 Å². The SMILES string of the molecule is C[C@]12CC[C@@H](O)C[C@@H]1CC[C@H]1[C@H]3CCC(=O)[C@@]3(C)CC[C@@H]12. The van der Waals surface area contributed by atoms with E-state index in [1.165, 1.54) is 25.7 Å². The van der Waals surface area contributed by atoms with Crippen molar-refractivity contribution in [2.45, 2.75) is 77.7 Å². The Hall–Kier alpha value is -0.370. The third kappa shape index (κ3) is 1.84. The maximum atomic E-state index is 12.4. The van der Waals surface area contributed by atoms with Gasteiger partial charge in [-0.25, -0.2) is 0 Å². The van der Waals surface area contributed by atoms with Gasteiger partial charge in [-0.1, -0.05) is 13.8 Å². The van der Waals surface area contributed by atoms with Crippen molar-refractivity contribution in [1.82, 2.24) is 0 Å². The maximum absolute atomic E-state index is 12.4. The van der Waals surface area contributed by atoms with E-state index in [9.17, 15) is 9.90 Å². The van der Waals surface area contributed by atoms with Crippen LogP contribution >= 0.6 is 0 Å². The second-order valence-corrected chi connectivity index (χ2v) is 9.00. The maximum Gasteiger partial charge on any atom is 0.139 e. The van der Waals surface area contributed by atoms with Gasteiger partial charge in [0.25, 0.3) is 0 Å². The van der Waals surface area contributed by atoms with Gasteiger partial charge in [0.2, 0.25) is 0 Å². The van der Waals surface area contributed by atoms with Crippen LogP contribution in [-0.4, -0.2) is 17.0 Å². The van der Waals surface area contributed by atoms with Crippen molar-refractivity contribution < 1.29 is 9.90 Å². The van der Waals surface area contributed by atoms with Crippen LogP contribution in [0.15, 0.2) is 0 Å². The Morgan fingerprint density at radius 2 is 1.81 bits per heavy atom. The molecular formula is C19H30O2. The lowest BCUT2D eigenvalue weighted by molar-refractivity contribution is -0.142. The topological polar surface area (TPSA) is 37.3 Å². The molecule has 0 aromatic heterocycles. The molecular weight excluding hydrogens is 260 g/mol. The minimum atomic E-state index is -0.0541. The summed E-state index contributed by atoms with van der Waals surface area (Å²) in [6, 6.07) is 0. The molecule has 0 radical (unpaired) electrons. The number of Topliss-reactive ketones (excluding diaryl/α,β-unsaturated/α-hetero) is 1. The van der Waals surface area contributed by atoms with E-state index >= 15 is 0 Å². The van der Waals surface area contributed by atoms with Gasteiger partial charge in [-0.2, -0.15) is 0 Å². The lowest BCUT2D eigenvalue weighted by atomic mass is 9.45. The summed E-state index contributed by atoms with van der Waals surface area (Å²) in [4.78, 5) is 12.4. The molecule has 0 heterocycles. The molecule has 0 saturated heterocycles. The highest BCUT2D eigenvalue weighted by Gasteiger charge is 2.60. The van der Waals surface area contributed by atoms with Crippen LogP contribution < -0.4 is 0 Å². The lowest BCUT2D eigenvalue weighted by Crippen LogP contribution is -2.54. The fraction of sp³-hybridized carbons (Fsp3) is 0.947. The Kier molecular flexibility index (Phi) is 3.10. The lowest BCUT2D eigenvalue weighted by Gasteiger charge is -2.60. The number of ketones is 1. The molecule has 2 nitrogen and oxygen atoms in total. The number of aliphatic hydroxyl groups excluding tert-OH is 1. The second-order valence-electron chi connectivity index (χ2n) is 9.00. The molecule has 4 fully saturated rings. The Morgan fingerprint density at radius 1 is 1.00 bits per heavy atom. The molecule has 0 bridgehead atoms. The van der Waals surface area contributed by atoms with Crippen LogP contribution in [0.25, 0.3) is 0 Å². The molecule has 0 aromatic rings. The number of hydrogen-bond donors (Lipinski definition) is 1. The normalized spacial score (nSPS) is 56.5. The van der Waals surface area contributed by atoms with Crippen molar-refractivity contribution in [2.75, 3.05) is 0 Å². The van der Waals surface area contributed by atoms with Gasteiger partial charge in [-0.15, -0.1) is 0 Å². The van der Waals surface area contributed by atoms with Gasteiger partial charge >= 0.3 is 0 Å². The first-order chi connectivity index (χ1) is 9.95. The quantitative estimate of drug-likeness (QED) is 0.733. The number of hydrogen-bond acceptors (Lipinski definition) is 2. The first-order valence-corrected chi connectivity index (χ1v) is 9.16. The van der Waals surface area contributed by atoms with E-state index in [4.69, 9.17) is 0 Å². The Labute approximate surface area is 128 Å². The number of carbonyl (C=O) groups excluding carboxylic acids is 1. The molecule has 0 aromatic carbocycles. The predicted octanol–water partition coefficient (Wildman–Crippen LogP) is 3.96. The molecule has 4 aliphatic carbocycles. The fourth-order valence-corrected chi connectivity index (χ4v) is 7.01. The van der Waals surface area contributed by atoms with Crippen LogP contribution in [-0.2, 0) is 4.79 Å². The molecule has 4 saturated carbocycles. The first kappa shape index (κ1) is 14.2. The molecule has 0 unspecified atom stereocenters. The Bertz CT molecular complexity index is 458. The zero-order valence-corrected chi connectivity index (χ0v) is 13.6. The smallest absolute Gasteiger partial charge is 0.139 e. The second kappa shape index (κ2) is 4.57. The summed E-state index contributed by atoms with van der Waals surface area (Å²) in [5.41, 5.74) is 0.452. The zero-order chi connectivity index (χ0) is 14.8. The van der Waals surface area contributed by atoms with Gasteiger partial charge in [0.1, 0.15) is 5.78 Å². The summed E-state index contributed by atoms with van der Waals surface area (Å²) in [7, 11) is 0. The van der Waals surface area contributed by atoms with Crippen molar-refractivity contribution in [1.29, 1.82) is 0 Å². The van der Waals surface area contributed by atoms with Crippen molar-refractivity contribution in [3.8, 4) is 0 Å². The highest BCUT2D eigenvalue weighted by molar-refractivity contribution is 5.87. The van der Waals surface area contributed by atoms with E-state index in [2.05, 4.69) is 13.8 Å². The van der Waals surface area contributed by atoms with E-state index in [0.29, 0.717) is 17.1 Å². The number of aliphatic hydroxyl groups is 1. The largest absolute Gasteiger partial charge is 0.393 e. The average Bonchev–Trinajstić information content (AvgIpc) is 2.76. The summed E-state index contributed by atoms with van der Waals surface area (Å²) in [5, 5.41) is 10.0. The summed E-state index contributed by atoms with van der Waals surface area (Å²) in [6.45, 7) is 4.78. The Morgan fingerprint density at radius 3 is 2.62 bits per heavy atom. The minimum Gasteiger partial charge on any atom is -0.393 e. The monoisotopic (exact) mass is 290 g/mol. The van der Waals surface area contributed by atoms with Crippen LogP contribution in [0.3, 0.4) is 0 Å². The van der Waals surface area contributed by atoms with Crippen molar-refractivity contribution in [3.63, 3.8) is 0 Å². The molecule has 0 amide bonds. The third-order valence-corrected chi connectivity index (χ3v) is 8.35. The molecule has 4 rings (SSSR count). The molecule has 118 valence electrons. The summed E-state index contributed by atoms with van der Waals surface area (Å²) in [5.74, 6) is 3.54.